The van der Waals surface area contributed by atoms with Crippen LogP contribution in [0.2, 0.25) is 0 Å². The van der Waals surface area contributed by atoms with E-state index in [0.717, 1.165) is 25.7 Å². The predicted molar refractivity (Wildman–Crippen MR) is 238 cm³/mol. The van der Waals surface area contributed by atoms with Crippen LogP contribution in [-0.4, -0.2) is 76.2 Å². The summed E-state index contributed by atoms with van der Waals surface area (Å²) in [4.78, 5) is 76.0. The average Bonchev–Trinajstić information content (AvgIpc) is 3.20. The first kappa shape index (κ1) is 54.7. The van der Waals surface area contributed by atoms with E-state index in [-0.39, 0.29) is 24.2 Å². The number of nitrogens with one attached hydrogen (secondary N) is 4. The van der Waals surface area contributed by atoms with Gasteiger partial charge in [0, 0.05) is 6.42 Å². The first-order valence-electron chi connectivity index (χ1n) is 22.7. The third-order valence-corrected chi connectivity index (χ3v) is 12.9. The highest BCUT2D eigenvalue weighted by Crippen LogP contribution is 2.49. The molecule has 0 spiro atoms. The molecule has 4 amide bonds. The van der Waals surface area contributed by atoms with Crippen LogP contribution in [0.5, 0.6) is 0 Å². The maximum atomic E-state index is 14.2. The lowest BCUT2D eigenvalue weighted by atomic mass is 9.94. The number of nitrogens with two attached hydrogens (primary N) is 1. The third-order valence-electron chi connectivity index (χ3n) is 11.3. The maximum absolute atomic E-state index is 14.2. The molecule has 0 saturated heterocycles. The summed E-state index contributed by atoms with van der Waals surface area (Å²) in [6.45, 7) is 13.7. The van der Waals surface area contributed by atoms with E-state index < -0.39 is 73.6 Å². The number of rotatable bonds is 35. The number of carboxylic acid groups (broad SMARTS) is 1. The lowest BCUT2D eigenvalue weighted by Crippen LogP contribution is -2.58. The number of carbonyl (C=O) groups is 5. The number of amides is 4. The van der Waals surface area contributed by atoms with Crippen LogP contribution in [-0.2, 0) is 39.5 Å². The van der Waals surface area contributed by atoms with E-state index in [1.165, 1.54) is 84.5 Å². The SMILES string of the molecule is CCCCCCCCCCCCCCCCN[C@H](C(=O)N[C@H](C(=O)NC(Cc1ccccc1)P(=O)(O)OC(C(=O)N[C@@H](CC(N)=O)C(=O)O)C(C)C)C(C)CC)C(C)CC. The highest BCUT2D eigenvalue weighted by atomic mass is 31.2. The van der Waals surface area contributed by atoms with Crippen LogP contribution in [0.25, 0.3) is 0 Å². The molecule has 0 aliphatic carbocycles. The van der Waals surface area contributed by atoms with Crippen molar-refractivity contribution in [2.75, 3.05) is 6.54 Å². The molecule has 0 bridgehead atoms. The zero-order valence-electron chi connectivity index (χ0n) is 37.7. The summed E-state index contributed by atoms with van der Waals surface area (Å²) in [5.41, 5.74) is 5.75. The fourth-order valence-corrected chi connectivity index (χ4v) is 8.56. The molecule has 5 unspecified atom stereocenters. The molecule has 8 atom stereocenters. The van der Waals surface area contributed by atoms with Gasteiger partial charge in [0.2, 0.25) is 17.7 Å². The Balaban J connectivity index is 3.03. The van der Waals surface area contributed by atoms with Gasteiger partial charge in [0.05, 0.1) is 12.5 Å². The van der Waals surface area contributed by atoms with E-state index in [9.17, 15) is 38.5 Å². The number of benzene rings is 1. The second-order valence-corrected chi connectivity index (χ2v) is 18.9. The van der Waals surface area contributed by atoms with Crippen LogP contribution in [0.4, 0.5) is 0 Å². The Hall–Kier alpha value is -3.32. The van der Waals surface area contributed by atoms with Crippen molar-refractivity contribution >= 4 is 37.2 Å². The molecule has 60 heavy (non-hydrogen) atoms. The molecular weight excluding hydrogens is 785 g/mol. The van der Waals surface area contributed by atoms with Crippen LogP contribution in [0, 0.1) is 17.8 Å². The summed E-state index contributed by atoms with van der Waals surface area (Å²) in [5, 5.41) is 20.8. The molecule has 0 radical (unpaired) electrons. The Kier molecular flexibility index (Phi) is 28.0. The molecule has 0 saturated carbocycles. The number of primary amides is 1. The number of carboxylic acids is 1. The van der Waals surface area contributed by atoms with Gasteiger partial charge in [0.25, 0.3) is 5.91 Å². The highest BCUT2D eigenvalue weighted by molar-refractivity contribution is 7.53. The molecule has 1 aromatic rings. The van der Waals surface area contributed by atoms with Crippen LogP contribution in [0.15, 0.2) is 30.3 Å². The zero-order valence-corrected chi connectivity index (χ0v) is 38.6. The molecule has 0 heterocycles. The summed E-state index contributed by atoms with van der Waals surface area (Å²) in [6, 6.07) is 5.34. The number of aliphatic carboxylic acids is 1. The molecular formula is C45H80N5O9P. The number of hydrogen-bond acceptors (Lipinski definition) is 8. The quantitative estimate of drug-likeness (QED) is 0.0265. The van der Waals surface area contributed by atoms with Gasteiger partial charge in [-0.3, -0.25) is 28.3 Å². The smallest absolute Gasteiger partial charge is 0.351 e. The molecule has 0 aromatic heterocycles. The topological polar surface area (TPSA) is 226 Å². The van der Waals surface area contributed by atoms with Gasteiger partial charge in [-0.1, -0.05) is 175 Å². The first-order chi connectivity index (χ1) is 28.5. The van der Waals surface area contributed by atoms with Crippen LogP contribution >= 0.6 is 7.60 Å². The predicted octanol–water partition coefficient (Wildman–Crippen LogP) is 7.36. The molecule has 0 aliphatic heterocycles. The van der Waals surface area contributed by atoms with Gasteiger partial charge in [0.1, 0.15) is 24.0 Å². The van der Waals surface area contributed by atoms with Crippen molar-refractivity contribution in [1.82, 2.24) is 21.3 Å². The fraction of sp³-hybridized carbons (Fsp3) is 0.756. The van der Waals surface area contributed by atoms with Crippen molar-refractivity contribution in [2.24, 2.45) is 23.5 Å². The molecule has 344 valence electrons. The number of carbonyl (C=O) groups excluding carboxylic acids is 4. The summed E-state index contributed by atoms with van der Waals surface area (Å²) in [5.74, 6) is -7.24. The van der Waals surface area contributed by atoms with Crippen LogP contribution in [0.3, 0.4) is 0 Å². The molecule has 14 nitrogen and oxygen atoms in total. The van der Waals surface area contributed by atoms with Gasteiger partial charge < -0.3 is 37.0 Å². The number of unbranched alkanes of at least 4 members (excludes halogenated alkanes) is 13. The van der Waals surface area contributed by atoms with Gasteiger partial charge in [-0.05, 0) is 36.3 Å². The Labute approximate surface area is 360 Å². The van der Waals surface area contributed by atoms with Crippen molar-refractivity contribution < 1.29 is 43.1 Å². The first-order valence-corrected chi connectivity index (χ1v) is 24.3. The van der Waals surface area contributed by atoms with E-state index in [1.807, 2.05) is 27.7 Å². The van der Waals surface area contributed by atoms with Gasteiger partial charge in [-0.25, -0.2) is 4.79 Å². The standard InChI is InChI=1S/C45H80N5O9P/c1-8-11-12-13-14-15-16-17-18-19-20-21-22-26-29-47-39(33(6)9-2)42(52)50-40(34(7)10-3)43(53)49-38(30-35-27-24-23-25-28-35)60(57,58)59-41(32(4)5)44(54)48-36(45(55)56)31-37(46)51/h23-25,27-28,32-34,36,38-41,47H,8-22,26,29-31H2,1-7H3,(H2,46,51)(H,48,54)(H,49,53)(H,50,52)(H,55,56)(H,57,58)/t33?,34?,36-,38?,39-,40-,41?/m0/s1. The van der Waals surface area contributed by atoms with Crippen molar-refractivity contribution in [3.8, 4) is 0 Å². The second kappa shape index (κ2) is 30.7. The Morgan fingerprint density at radius 3 is 1.63 bits per heavy atom. The van der Waals surface area contributed by atoms with E-state index >= 15 is 0 Å². The fourth-order valence-electron chi connectivity index (χ4n) is 7.01. The largest absolute Gasteiger partial charge is 0.480 e. The van der Waals surface area contributed by atoms with E-state index in [4.69, 9.17) is 10.3 Å². The average molecular weight is 866 g/mol. The van der Waals surface area contributed by atoms with E-state index in [0.29, 0.717) is 18.5 Å². The molecule has 1 aromatic carbocycles. The lowest BCUT2D eigenvalue weighted by Gasteiger charge is -2.32. The Bertz CT molecular complexity index is 1450. The molecule has 15 heteroatoms. The molecule has 1 rings (SSSR count). The summed E-state index contributed by atoms with van der Waals surface area (Å²) in [7, 11) is -4.93. The summed E-state index contributed by atoms with van der Waals surface area (Å²) in [6.07, 6.45) is 16.3. The summed E-state index contributed by atoms with van der Waals surface area (Å²) < 4.78 is 19.8. The van der Waals surface area contributed by atoms with Gasteiger partial charge in [0.15, 0.2) is 0 Å². The van der Waals surface area contributed by atoms with E-state index in [2.05, 4.69) is 28.2 Å². The third kappa shape index (κ3) is 22.0. The van der Waals surface area contributed by atoms with Crippen LogP contribution < -0.4 is 27.0 Å². The molecule has 8 N–H and O–H groups in total. The lowest BCUT2D eigenvalue weighted by molar-refractivity contribution is -0.145. The Morgan fingerprint density at radius 1 is 0.683 bits per heavy atom. The minimum absolute atomic E-state index is 0.0306. The molecule has 0 aliphatic rings. The normalized spacial score (nSPS) is 16.1. The van der Waals surface area contributed by atoms with Crippen LogP contribution in [0.1, 0.15) is 163 Å². The Morgan fingerprint density at radius 2 is 1.17 bits per heavy atom. The van der Waals surface area contributed by atoms with Crippen molar-refractivity contribution in [3.05, 3.63) is 35.9 Å². The monoisotopic (exact) mass is 866 g/mol. The minimum atomic E-state index is -4.93. The van der Waals surface area contributed by atoms with E-state index in [1.54, 1.807) is 30.3 Å². The van der Waals surface area contributed by atoms with Gasteiger partial charge in [-0.15, -0.1) is 0 Å². The van der Waals surface area contributed by atoms with Gasteiger partial charge >= 0.3 is 13.6 Å². The minimum Gasteiger partial charge on any atom is -0.480 e. The number of hydrogen-bond donors (Lipinski definition) is 7. The second-order valence-electron chi connectivity index (χ2n) is 16.9. The van der Waals surface area contributed by atoms with Crippen molar-refractivity contribution in [2.45, 2.75) is 194 Å². The van der Waals surface area contributed by atoms with Crippen molar-refractivity contribution in [3.63, 3.8) is 0 Å². The molecule has 0 fully saturated rings. The highest BCUT2D eigenvalue weighted by Gasteiger charge is 2.42. The van der Waals surface area contributed by atoms with Crippen molar-refractivity contribution in [1.29, 1.82) is 0 Å². The maximum Gasteiger partial charge on any atom is 0.351 e. The summed E-state index contributed by atoms with van der Waals surface area (Å²) >= 11 is 0. The zero-order chi connectivity index (χ0) is 45.1. The van der Waals surface area contributed by atoms with Gasteiger partial charge in [-0.2, -0.15) is 0 Å².